The molecule has 0 spiro atoms. The maximum absolute atomic E-state index is 12.5. The highest BCUT2D eigenvalue weighted by Gasteiger charge is 2.30. The third kappa shape index (κ3) is 3.46. The first-order valence-corrected chi connectivity index (χ1v) is 5.94. The third-order valence-corrected chi connectivity index (χ3v) is 3.11. The summed E-state index contributed by atoms with van der Waals surface area (Å²) in [6.45, 7) is 2.62. The molecule has 1 heterocycles. The van der Waals surface area contributed by atoms with Gasteiger partial charge in [0, 0.05) is 6.54 Å². The van der Waals surface area contributed by atoms with Crippen LogP contribution in [-0.4, -0.2) is 18.0 Å². The summed E-state index contributed by atoms with van der Waals surface area (Å²) in [5.74, 6) is 0. The molecule has 0 aliphatic carbocycles. The van der Waals surface area contributed by atoms with Crippen LogP contribution in [-0.2, 0) is 12.7 Å². The Kier molecular flexibility index (Phi) is 3.72. The first-order chi connectivity index (χ1) is 8.05. The number of hydrogen-bond acceptors (Lipinski definition) is 1. The number of halogens is 3. The Morgan fingerprint density at radius 2 is 1.76 bits per heavy atom. The molecule has 1 nitrogen and oxygen atoms in total. The molecule has 0 atom stereocenters. The highest BCUT2D eigenvalue weighted by Crippen LogP contribution is 2.29. The minimum absolute atomic E-state index is 0.549. The van der Waals surface area contributed by atoms with Crippen LogP contribution in [0.15, 0.2) is 24.3 Å². The maximum atomic E-state index is 12.5. The van der Waals surface area contributed by atoms with Crippen molar-refractivity contribution in [3.63, 3.8) is 0 Å². The van der Waals surface area contributed by atoms with E-state index >= 15 is 0 Å². The Hall–Kier alpha value is -1.03. The van der Waals surface area contributed by atoms with Crippen molar-refractivity contribution in [1.82, 2.24) is 4.90 Å². The van der Waals surface area contributed by atoms with Gasteiger partial charge < -0.3 is 0 Å². The largest absolute Gasteiger partial charge is 0.416 e. The molecule has 1 aliphatic rings. The van der Waals surface area contributed by atoms with Crippen LogP contribution in [0.1, 0.15) is 30.4 Å². The topological polar surface area (TPSA) is 3.24 Å². The van der Waals surface area contributed by atoms with Gasteiger partial charge in [0.1, 0.15) is 0 Å². The van der Waals surface area contributed by atoms with Gasteiger partial charge in [-0.1, -0.05) is 24.6 Å². The van der Waals surface area contributed by atoms with Gasteiger partial charge in [0.25, 0.3) is 0 Å². The Bertz CT molecular complexity index is 367. The fourth-order valence-corrected chi connectivity index (χ4v) is 2.22. The van der Waals surface area contributed by atoms with Crippen molar-refractivity contribution >= 4 is 0 Å². The molecule has 0 unspecified atom stereocenters. The quantitative estimate of drug-likeness (QED) is 0.765. The second-order valence-electron chi connectivity index (χ2n) is 4.53. The molecule has 0 N–H and O–H groups in total. The van der Waals surface area contributed by atoms with Crippen molar-refractivity contribution in [2.24, 2.45) is 0 Å². The van der Waals surface area contributed by atoms with Gasteiger partial charge in [-0.15, -0.1) is 0 Å². The lowest BCUT2D eigenvalue weighted by Gasteiger charge is -2.26. The number of piperidine rings is 1. The molecule has 0 amide bonds. The summed E-state index contributed by atoms with van der Waals surface area (Å²) in [4.78, 5) is 2.22. The molecule has 0 bridgehead atoms. The molecule has 4 heteroatoms. The summed E-state index contributed by atoms with van der Waals surface area (Å²) in [6, 6.07) is 5.64. The monoisotopic (exact) mass is 243 g/mol. The minimum Gasteiger partial charge on any atom is -0.299 e. The van der Waals surface area contributed by atoms with Crippen LogP contribution >= 0.6 is 0 Å². The van der Waals surface area contributed by atoms with Crippen molar-refractivity contribution < 1.29 is 13.2 Å². The van der Waals surface area contributed by atoms with Crippen molar-refractivity contribution in [3.05, 3.63) is 35.4 Å². The molecular formula is C13H16F3N. The van der Waals surface area contributed by atoms with E-state index < -0.39 is 11.7 Å². The Morgan fingerprint density at radius 3 is 2.41 bits per heavy atom. The van der Waals surface area contributed by atoms with Crippen LogP contribution in [0, 0.1) is 0 Å². The number of likely N-dealkylation sites (tertiary alicyclic amines) is 1. The van der Waals surface area contributed by atoms with Gasteiger partial charge in [0.2, 0.25) is 0 Å². The summed E-state index contributed by atoms with van der Waals surface area (Å²) >= 11 is 0. The fourth-order valence-electron chi connectivity index (χ4n) is 2.22. The molecule has 1 aromatic carbocycles. The molecule has 17 heavy (non-hydrogen) atoms. The van der Waals surface area contributed by atoms with Crippen LogP contribution in [0.4, 0.5) is 13.2 Å². The van der Waals surface area contributed by atoms with E-state index in [0.29, 0.717) is 6.54 Å². The SMILES string of the molecule is FC(F)(F)c1cccc(CN2CCCCC2)c1. The summed E-state index contributed by atoms with van der Waals surface area (Å²) in [7, 11) is 0. The van der Waals surface area contributed by atoms with E-state index in [0.717, 1.165) is 37.6 Å². The lowest BCUT2D eigenvalue weighted by Crippen LogP contribution is -2.29. The molecular weight excluding hydrogens is 227 g/mol. The zero-order valence-corrected chi connectivity index (χ0v) is 9.63. The van der Waals surface area contributed by atoms with Gasteiger partial charge >= 0.3 is 6.18 Å². The fraction of sp³-hybridized carbons (Fsp3) is 0.538. The van der Waals surface area contributed by atoms with E-state index in [4.69, 9.17) is 0 Å². The van der Waals surface area contributed by atoms with E-state index in [-0.39, 0.29) is 0 Å². The standard InChI is InChI=1S/C13H16F3N/c14-13(15,16)12-6-4-5-11(9-12)10-17-7-2-1-3-8-17/h4-6,9H,1-3,7-8,10H2. The smallest absolute Gasteiger partial charge is 0.299 e. The molecule has 1 aliphatic heterocycles. The van der Waals surface area contributed by atoms with Gasteiger partial charge in [-0.3, -0.25) is 4.90 Å². The zero-order valence-electron chi connectivity index (χ0n) is 9.63. The van der Waals surface area contributed by atoms with Gasteiger partial charge in [-0.2, -0.15) is 13.2 Å². The zero-order chi connectivity index (χ0) is 12.3. The van der Waals surface area contributed by atoms with Gasteiger partial charge in [-0.25, -0.2) is 0 Å². The molecule has 0 saturated carbocycles. The first-order valence-electron chi connectivity index (χ1n) is 5.94. The Labute approximate surface area is 99.2 Å². The molecule has 94 valence electrons. The number of hydrogen-bond donors (Lipinski definition) is 0. The predicted octanol–water partition coefficient (Wildman–Crippen LogP) is 3.69. The Morgan fingerprint density at radius 1 is 1.06 bits per heavy atom. The molecule has 0 radical (unpaired) electrons. The second kappa shape index (κ2) is 5.08. The lowest BCUT2D eigenvalue weighted by molar-refractivity contribution is -0.137. The summed E-state index contributed by atoms with van der Waals surface area (Å²) in [5, 5.41) is 0. The van der Waals surface area contributed by atoms with Gasteiger partial charge in [-0.05, 0) is 37.6 Å². The molecule has 1 fully saturated rings. The van der Waals surface area contributed by atoms with Crippen molar-refractivity contribution in [1.29, 1.82) is 0 Å². The summed E-state index contributed by atoms with van der Waals surface area (Å²) in [5.41, 5.74) is 0.203. The van der Waals surface area contributed by atoms with Crippen LogP contribution in [0.3, 0.4) is 0 Å². The minimum atomic E-state index is -4.24. The summed E-state index contributed by atoms with van der Waals surface area (Å²) < 4.78 is 37.6. The van der Waals surface area contributed by atoms with Crippen LogP contribution in [0.2, 0.25) is 0 Å². The van der Waals surface area contributed by atoms with Crippen molar-refractivity contribution in [3.8, 4) is 0 Å². The van der Waals surface area contributed by atoms with Gasteiger partial charge in [0.05, 0.1) is 5.56 Å². The van der Waals surface area contributed by atoms with Crippen LogP contribution < -0.4 is 0 Å². The molecule has 1 saturated heterocycles. The molecule has 1 aromatic rings. The first kappa shape index (κ1) is 12.4. The van der Waals surface area contributed by atoms with E-state index in [1.807, 2.05) is 0 Å². The van der Waals surface area contributed by atoms with Crippen molar-refractivity contribution in [2.45, 2.75) is 32.0 Å². The summed E-state index contributed by atoms with van der Waals surface area (Å²) in [6.07, 6.45) is -0.699. The van der Waals surface area contributed by atoms with Crippen molar-refractivity contribution in [2.75, 3.05) is 13.1 Å². The van der Waals surface area contributed by atoms with E-state index in [2.05, 4.69) is 4.90 Å². The number of alkyl halides is 3. The second-order valence-corrected chi connectivity index (χ2v) is 4.53. The highest BCUT2D eigenvalue weighted by atomic mass is 19.4. The molecule has 2 rings (SSSR count). The number of rotatable bonds is 2. The predicted molar refractivity (Wildman–Crippen MR) is 60.6 cm³/mol. The van der Waals surface area contributed by atoms with Gasteiger partial charge in [0.15, 0.2) is 0 Å². The normalized spacial score (nSPS) is 18.3. The Balaban J connectivity index is 2.05. The number of benzene rings is 1. The van der Waals surface area contributed by atoms with E-state index in [1.165, 1.54) is 18.6 Å². The highest BCUT2D eigenvalue weighted by molar-refractivity contribution is 5.25. The third-order valence-electron chi connectivity index (χ3n) is 3.11. The average Bonchev–Trinajstić information content (AvgIpc) is 2.29. The van der Waals surface area contributed by atoms with E-state index in [9.17, 15) is 13.2 Å². The lowest BCUT2D eigenvalue weighted by atomic mass is 10.1. The van der Waals surface area contributed by atoms with Crippen LogP contribution in [0.5, 0.6) is 0 Å². The van der Waals surface area contributed by atoms with Crippen LogP contribution in [0.25, 0.3) is 0 Å². The average molecular weight is 243 g/mol. The molecule has 0 aromatic heterocycles. The number of nitrogens with zero attached hydrogens (tertiary/aromatic N) is 1. The van der Waals surface area contributed by atoms with E-state index in [1.54, 1.807) is 6.07 Å². The maximum Gasteiger partial charge on any atom is 0.416 e.